The summed E-state index contributed by atoms with van der Waals surface area (Å²) in [6.45, 7) is 0.768. The zero-order chi connectivity index (χ0) is 14.4. The summed E-state index contributed by atoms with van der Waals surface area (Å²) in [6, 6.07) is 12.3. The molecule has 0 atom stereocenters. The average Bonchev–Trinajstić information content (AvgIpc) is 2.48. The van der Waals surface area contributed by atoms with Crippen LogP contribution in [-0.2, 0) is 13.0 Å². The van der Waals surface area contributed by atoms with Crippen molar-refractivity contribution in [3.63, 3.8) is 0 Å². The van der Waals surface area contributed by atoms with Crippen molar-refractivity contribution in [1.29, 1.82) is 5.26 Å². The highest BCUT2D eigenvalue weighted by atomic mass is 35.5. The first kappa shape index (κ1) is 14.8. The second-order valence-corrected chi connectivity index (χ2v) is 5.32. The number of halogens is 1. The predicted molar refractivity (Wildman–Crippen MR) is 85.4 cm³/mol. The molecule has 0 radical (unpaired) electrons. The van der Waals surface area contributed by atoms with Gasteiger partial charge >= 0.3 is 0 Å². The van der Waals surface area contributed by atoms with E-state index >= 15 is 0 Å². The molecule has 0 unspecified atom stereocenters. The Bertz CT molecular complexity index is 668. The molecule has 0 bridgehead atoms. The lowest BCUT2D eigenvalue weighted by Gasteiger charge is -2.09. The first-order chi connectivity index (χ1) is 9.74. The molecule has 0 N–H and O–H groups in total. The van der Waals surface area contributed by atoms with Crippen LogP contribution in [0.2, 0.25) is 0 Å². The molecule has 0 fully saturated rings. The van der Waals surface area contributed by atoms with Crippen LogP contribution in [0.15, 0.2) is 42.7 Å². The number of aryl methyl sites for hydroxylation is 2. The number of hydrogen-bond acceptors (Lipinski definition) is 2. The Morgan fingerprint density at radius 2 is 1.95 bits per heavy atom. The topological polar surface area (TPSA) is 28.7 Å². The van der Waals surface area contributed by atoms with Crippen LogP contribution in [0.1, 0.15) is 12.0 Å². The zero-order valence-electron chi connectivity index (χ0n) is 11.1. The number of pyridine rings is 1. The largest absolute Gasteiger partial charge is 0.352 e. The monoisotopic (exact) mass is 302 g/mol. The summed E-state index contributed by atoms with van der Waals surface area (Å²) >= 11 is 11.2. The Morgan fingerprint density at radius 3 is 2.60 bits per heavy atom. The molecular weight excluding hydrogens is 288 g/mol. The van der Waals surface area contributed by atoms with E-state index in [-0.39, 0.29) is 0 Å². The Morgan fingerprint density at radius 1 is 1.20 bits per heavy atom. The molecule has 1 heterocycles. The fraction of sp³-hybridized carbons (Fsp3) is 0.250. The molecule has 1 aromatic carbocycles. The molecule has 20 heavy (non-hydrogen) atoms. The summed E-state index contributed by atoms with van der Waals surface area (Å²) in [5, 5.41) is 8.60. The second kappa shape index (κ2) is 7.23. The van der Waals surface area contributed by atoms with Gasteiger partial charge in [0.05, 0.1) is 6.07 Å². The minimum absolute atomic E-state index is 0.548. The van der Waals surface area contributed by atoms with Gasteiger partial charge in [-0.1, -0.05) is 36.5 Å². The summed E-state index contributed by atoms with van der Waals surface area (Å²) in [5.41, 5.74) is 3.31. The molecular formula is C16H15ClN2S. The molecule has 0 aliphatic heterocycles. The maximum Gasteiger partial charge on any atom is 0.0625 e. The molecule has 0 saturated carbocycles. The van der Waals surface area contributed by atoms with Crippen molar-refractivity contribution in [2.24, 2.45) is 0 Å². The molecule has 102 valence electrons. The zero-order valence-corrected chi connectivity index (χ0v) is 12.6. The maximum absolute atomic E-state index is 8.60. The summed E-state index contributed by atoms with van der Waals surface area (Å²) in [4.78, 5) is 0. The number of hydrogen-bond donors (Lipinski definition) is 0. The van der Waals surface area contributed by atoms with Gasteiger partial charge in [-0.15, -0.1) is 11.6 Å². The van der Waals surface area contributed by atoms with Crippen LogP contribution in [-0.4, -0.2) is 10.4 Å². The highest BCUT2D eigenvalue weighted by molar-refractivity contribution is 7.71. The van der Waals surface area contributed by atoms with Gasteiger partial charge in [0.25, 0.3) is 0 Å². The van der Waals surface area contributed by atoms with Gasteiger partial charge in [-0.3, -0.25) is 0 Å². The number of nitriles is 1. The second-order valence-electron chi connectivity index (χ2n) is 4.50. The molecule has 0 aliphatic carbocycles. The van der Waals surface area contributed by atoms with Crippen LogP contribution in [0, 0.1) is 15.8 Å². The summed E-state index contributed by atoms with van der Waals surface area (Å²) in [6.07, 6.45) is 5.33. The van der Waals surface area contributed by atoms with Gasteiger partial charge < -0.3 is 4.57 Å². The van der Waals surface area contributed by atoms with Gasteiger partial charge in [0, 0.05) is 41.3 Å². The standard InChI is InChI=1S/C16H15ClN2S/c17-8-11-19-10-7-16(20)15(12-19)14-5-3-13(4-6-14)2-1-9-18/h3-7,10,12H,1-2,8,11H2. The van der Waals surface area contributed by atoms with E-state index in [1.54, 1.807) is 0 Å². The van der Waals surface area contributed by atoms with E-state index < -0.39 is 0 Å². The highest BCUT2D eigenvalue weighted by Crippen LogP contribution is 2.21. The fourth-order valence-electron chi connectivity index (χ4n) is 2.03. The van der Waals surface area contributed by atoms with Crippen molar-refractivity contribution in [2.45, 2.75) is 19.4 Å². The number of nitrogens with zero attached hydrogens (tertiary/aromatic N) is 2. The van der Waals surface area contributed by atoms with Gasteiger partial charge in [0.1, 0.15) is 0 Å². The molecule has 0 spiro atoms. The van der Waals surface area contributed by atoms with Crippen molar-refractivity contribution < 1.29 is 0 Å². The molecule has 1 aromatic heterocycles. The van der Waals surface area contributed by atoms with Gasteiger partial charge in [-0.05, 0) is 23.6 Å². The number of benzene rings is 1. The van der Waals surface area contributed by atoms with Crippen LogP contribution >= 0.6 is 23.8 Å². The number of rotatable bonds is 5. The third-order valence-electron chi connectivity index (χ3n) is 3.11. The maximum atomic E-state index is 8.60. The van der Waals surface area contributed by atoms with E-state index in [2.05, 4.69) is 30.3 Å². The minimum atomic E-state index is 0.548. The Hall–Kier alpha value is -1.63. The lowest BCUT2D eigenvalue weighted by atomic mass is 10.0. The van der Waals surface area contributed by atoms with Crippen molar-refractivity contribution in [1.82, 2.24) is 4.57 Å². The fourth-order valence-corrected chi connectivity index (χ4v) is 2.46. The lowest BCUT2D eigenvalue weighted by Crippen LogP contribution is -1.99. The van der Waals surface area contributed by atoms with Crippen LogP contribution < -0.4 is 0 Å². The molecule has 0 saturated heterocycles. The van der Waals surface area contributed by atoms with Crippen molar-refractivity contribution >= 4 is 23.8 Å². The average molecular weight is 303 g/mol. The summed E-state index contributed by atoms with van der Waals surface area (Å²) in [7, 11) is 0. The summed E-state index contributed by atoms with van der Waals surface area (Å²) < 4.78 is 2.88. The first-order valence-corrected chi connectivity index (χ1v) is 7.41. The highest BCUT2D eigenvalue weighted by Gasteiger charge is 2.02. The Kier molecular flexibility index (Phi) is 5.34. The van der Waals surface area contributed by atoms with E-state index in [1.807, 2.05) is 23.0 Å². The SMILES string of the molecule is N#CCCc1ccc(-c2cn(CCCl)ccc2=S)cc1. The molecule has 4 heteroatoms. The first-order valence-electron chi connectivity index (χ1n) is 6.47. The van der Waals surface area contributed by atoms with E-state index in [4.69, 9.17) is 29.1 Å². The van der Waals surface area contributed by atoms with Crippen molar-refractivity contribution in [2.75, 3.05) is 5.88 Å². The van der Waals surface area contributed by atoms with E-state index in [1.165, 1.54) is 5.56 Å². The van der Waals surface area contributed by atoms with E-state index in [9.17, 15) is 0 Å². The molecule has 2 nitrogen and oxygen atoms in total. The Labute approximate surface area is 129 Å². The lowest BCUT2D eigenvalue weighted by molar-refractivity contribution is 0.762. The smallest absolute Gasteiger partial charge is 0.0625 e. The van der Waals surface area contributed by atoms with Crippen LogP contribution in [0.25, 0.3) is 11.1 Å². The molecule has 0 aliphatic rings. The van der Waals surface area contributed by atoms with Gasteiger partial charge in [-0.25, -0.2) is 0 Å². The summed E-state index contributed by atoms with van der Waals surface area (Å²) in [5.74, 6) is 0.577. The Balaban J connectivity index is 2.29. The van der Waals surface area contributed by atoms with Crippen molar-refractivity contribution in [3.8, 4) is 17.2 Å². The van der Waals surface area contributed by atoms with Crippen LogP contribution in [0.3, 0.4) is 0 Å². The van der Waals surface area contributed by atoms with Gasteiger partial charge in [-0.2, -0.15) is 5.26 Å². The molecule has 2 rings (SSSR count). The van der Waals surface area contributed by atoms with Crippen molar-refractivity contribution in [3.05, 3.63) is 52.8 Å². The van der Waals surface area contributed by atoms with E-state index in [0.29, 0.717) is 12.3 Å². The molecule has 0 amide bonds. The number of alkyl halides is 1. The van der Waals surface area contributed by atoms with Gasteiger partial charge in [0.15, 0.2) is 0 Å². The van der Waals surface area contributed by atoms with Crippen LogP contribution in [0.5, 0.6) is 0 Å². The third kappa shape index (κ3) is 3.69. The predicted octanol–water partition coefficient (Wildman–Crippen LogP) is 4.58. The third-order valence-corrected chi connectivity index (χ3v) is 3.64. The quantitative estimate of drug-likeness (QED) is 0.597. The van der Waals surface area contributed by atoms with E-state index in [0.717, 1.165) is 28.6 Å². The normalized spacial score (nSPS) is 10.2. The number of aromatic nitrogens is 1. The van der Waals surface area contributed by atoms with Crippen LogP contribution in [0.4, 0.5) is 0 Å². The van der Waals surface area contributed by atoms with Gasteiger partial charge in [0.2, 0.25) is 0 Å². The molecule has 2 aromatic rings. The minimum Gasteiger partial charge on any atom is -0.352 e.